The molecule has 0 bridgehead atoms. The molecular weight excluding hydrogens is 436 g/mol. The first-order valence-corrected chi connectivity index (χ1v) is 11.9. The number of aliphatic hydroxyl groups excluding tert-OH is 3. The lowest BCUT2D eigenvalue weighted by Crippen LogP contribution is -2.22. The average molecular weight is 471 g/mol. The summed E-state index contributed by atoms with van der Waals surface area (Å²) in [5.74, 6) is -0.603. The van der Waals surface area contributed by atoms with Crippen molar-refractivity contribution in [1.29, 1.82) is 0 Å². The van der Waals surface area contributed by atoms with Crippen LogP contribution >= 0.6 is 0 Å². The van der Waals surface area contributed by atoms with E-state index in [0.717, 1.165) is 19.3 Å². The van der Waals surface area contributed by atoms with Gasteiger partial charge < -0.3 is 29.9 Å². The molecule has 0 spiro atoms. The van der Waals surface area contributed by atoms with Gasteiger partial charge in [0.25, 0.3) is 0 Å². The summed E-state index contributed by atoms with van der Waals surface area (Å²) < 4.78 is 5.92. The fourth-order valence-corrected chi connectivity index (χ4v) is 4.30. The number of aromatic hydroxyl groups is 2. The summed E-state index contributed by atoms with van der Waals surface area (Å²) in [5.41, 5.74) is 0.919. The molecule has 0 aliphatic carbocycles. The first-order valence-electron chi connectivity index (χ1n) is 11.9. The number of phenols is 2. The van der Waals surface area contributed by atoms with Crippen LogP contribution in [0.1, 0.15) is 62.2 Å². The summed E-state index contributed by atoms with van der Waals surface area (Å²) in [5, 5.41) is 50.3. The highest BCUT2D eigenvalue weighted by Gasteiger charge is 2.24. The number of hydrogen-bond acceptors (Lipinski definition) is 7. The van der Waals surface area contributed by atoms with Gasteiger partial charge in [-0.1, -0.05) is 31.0 Å². The quantitative estimate of drug-likeness (QED) is 0.189. The molecule has 0 aliphatic heterocycles. The number of phenolic OH excluding ortho intramolecular Hbond substituents is 2. The monoisotopic (exact) mass is 470 g/mol. The Kier molecular flexibility index (Phi) is 9.51. The molecule has 0 radical (unpaired) electrons. The Morgan fingerprint density at radius 2 is 1.59 bits per heavy atom. The van der Waals surface area contributed by atoms with Gasteiger partial charge in [0.05, 0.1) is 17.6 Å². The van der Waals surface area contributed by atoms with Crippen molar-refractivity contribution in [1.82, 2.24) is 0 Å². The Morgan fingerprint density at radius 1 is 0.824 bits per heavy atom. The van der Waals surface area contributed by atoms with Crippen molar-refractivity contribution < 1.29 is 29.9 Å². The standard InChI is InChI=1S/C27H34O7/c28-14-5-1-2-7-19(29)8-6-10-23(30)22(18-12-13-24(31)26(33)15-18)16-20-17-25(32)21-9-3-4-11-27(21)34-20/h3-4,9,11-13,15,17,19,22-23,28-31,33H,1-2,5-8,10,14,16H2. The van der Waals surface area contributed by atoms with Crippen molar-refractivity contribution in [2.45, 2.75) is 69.5 Å². The average Bonchev–Trinajstić information content (AvgIpc) is 2.82. The van der Waals surface area contributed by atoms with E-state index < -0.39 is 18.1 Å². The zero-order valence-electron chi connectivity index (χ0n) is 19.3. The van der Waals surface area contributed by atoms with Gasteiger partial charge in [0.2, 0.25) is 0 Å². The van der Waals surface area contributed by atoms with Crippen LogP contribution in [-0.2, 0) is 6.42 Å². The van der Waals surface area contributed by atoms with Gasteiger partial charge in [-0.2, -0.15) is 0 Å². The molecule has 3 rings (SSSR count). The van der Waals surface area contributed by atoms with Crippen LogP contribution in [0, 0.1) is 0 Å². The molecule has 3 atom stereocenters. The van der Waals surface area contributed by atoms with E-state index in [4.69, 9.17) is 9.52 Å². The highest BCUT2D eigenvalue weighted by atomic mass is 16.3. The highest BCUT2D eigenvalue weighted by Crippen LogP contribution is 2.33. The maximum absolute atomic E-state index is 12.5. The molecule has 0 saturated carbocycles. The van der Waals surface area contributed by atoms with E-state index in [0.29, 0.717) is 48.0 Å². The maximum Gasteiger partial charge on any atom is 0.192 e. The van der Waals surface area contributed by atoms with Gasteiger partial charge in [0.1, 0.15) is 11.3 Å². The lowest BCUT2D eigenvalue weighted by atomic mass is 9.86. The molecule has 3 aromatic rings. The fourth-order valence-electron chi connectivity index (χ4n) is 4.30. The second kappa shape index (κ2) is 12.6. The van der Waals surface area contributed by atoms with Gasteiger partial charge in [0, 0.05) is 25.0 Å². The number of para-hydroxylation sites is 1. The molecule has 0 saturated heterocycles. The highest BCUT2D eigenvalue weighted by molar-refractivity contribution is 5.76. The Bertz CT molecular complexity index is 1110. The normalized spacial score (nSPS) is 14.2. The van der Waals surface area contributed by atoms with Crippen LogP contribution in [-0.4, -0.2) is 44.3 Å². The van der Waals surface area contributed by atoms with Gasteiger partial charge in [0.15, 0.2) is 16.9 Å². The van der Waals surface area contributed by atoms with Crippen molar-refractivity contribution >= 4 is 11.0 Å². The summed E-state index contributed by atoms with van der Waals surface area (Å²) in [4.78, 5) is 12.5. The van der Waals surface area contributed by atoms with Crippen molar-refractivity contribution in [3.05, 3.63) is 70.1 Å². The molecule has 1 heterocycles. The molecule has 7 heteroatoms. The van der Waals surface area contributed by atoms with Crippen LogP contribution in [0.4, 0.5) is 0 Å². The van der Waals surface area contributed by atoms with E-state index in [1.807, 2.05) is 0 Å². The second-order valence-electron chi connectivity index (χ2n) is 8.86. The number of aliphatic hydroxyl groups is 3. The van der Waals surface area contributed by atoms with Crippen LogP contribution in [0.25, 0.3) is 11.0 Å². The van der Waals surface area contributed by atoms with E-state index in [-0.39, 0.29) is 30.0 Å². The Labute approximate surface area is 198 Å². The molecule has 184 valence electrons. The van der Waals surface area contributed by atoms with Gasteiger partial charge in [-0.05, 0) is 61.9 Å². The number of unbranched alkanes of at least 4 members (excludes halogenated alkanes) is 2. The van der Waals surface area contributed by atoms with E-state index >= 15 is 0 Å². The minimum Gasteiger partial charge on any atom is -0.504 e. The fraction of sp³-hybridized carbons (Fsp3) is 0.444. The minimum atomic E-state index is -0.817. The first kappa shape index (κ1) is 25.7. The number of hydrogen-bond donors (Lipinski definition) is 5. The predicted octanol–water partition coefficient (Wildman–Crippen LogP) is 3.98. The Morgan fingerprint density at radius 3 is 2.35 bits per heavy atom. The van der Waals surface area contributed by atoms with Crippen molar-refractivity contribution in [2.75, 3.05) is 6.61 Å². The van der Waals surface area contributed by atoms with Crippen molar-refractivity contribution in [3.63, 3.8) is 0 Å². The summed E-state index contributed by atoms with van der Waals surface area (Å²) in [6, 6.07) is 12.8. The largest absolute Gasteiger partial charge is 0.504 e. The van der Waals surface area contributed by atoms with Gasteiger partial charge in [-0.25, -0.2) is 0 Å². The van der Waals surface area contributed by atoms with Gasteiger partial charge in [-0.15, -0.1) is 0 Å². The maximum atomic E-state index is 12.5. The third kappa shape index (κ3) is 7.06. The van der Waals surface area contributed by atoms with Crippen LogP contribution in [0.5, 0.6) is 11.5 Å². The molecule has 3 unspecified atom stereocenters. The summed E-state index contributed by atoms with van der Waals surface area (Å²) in [7, 11) is 0. The van der Waals surface area contributed by atoms with Crippen LogP contribution in [0.3, 0.4) is 0 Å². The SMILES string of the molecule is O=c1cc(CC(c2ccc(O)c(O)c2)C(O)CCCC(O)CCCCCO)oc2ccccc12. The van der Waals surface area contributed by atoms with E-state index in [2.05, 4.69) is 0 Å². The molecule has 0 aliphatic rings. The van der Waals surface area contributed by atoms with Crippen LogP contribution in [0.2, 0.25) is 0 Å². The molecular formula is C27H34O7. The molecule has 5 N–H and O–H groups in total. The number of benzene rings is 2. The predicted molar refractivity (Wildman–Crippen MR) is 130 cm³/mol. The van der Waals surface area contributed by atoms with Crippen LogP contribution in [0.15, 0.2) is 57.7 Å². The van der Waals surface area contributed by atoms with Crippen molar-refractivity contribution in [2.24, 2.45) is 0 Å². The second-order valence-corrected chi connectivity index (χ2v) is 8.86. The lowest BCUT2D eigenvalue weighted by Gasteiger charge is -2.24. The summed E-state index contributed by atoms with van der Waals surface area (Å²) in [6.45, 7) is 0.161. The summed E-state index contributed by atoms with van der Waals surface area (Å²) >= 11 is 0. The van der Waals surface area contributed by atoms with E-state index in [1.165, 1.54) is 18.2 Å². The zero-order valence-corrected chi connectivity index (χ0v) is 19.3. The molecule has 0 amide bonds. The lowest BCUT2D eigenvalue weighted by molar-refractivity contribution is 0.109. The minimum absolute atomic E-state index is 0.161. The summed E-state index contributed by atoms with van der Waals surface area (Å²) in [6.07, 6.45) is 3.64. The molecule has 0 fully saturated rings. The van der Waals surface area contributed by atoms with E-state index in [1.54, 1.807) is 30.3 Å². The Hall–Kier alpha value is -2.87. The van der Waals surface area contributed by atoms with Crippen molar-refractivity contribution in [3.8, 4) is 11.5 Å². The molecule has 7 nitrogen and oxygen atoms in total. The van der Waals surface area contributed by atoms with Gasteiger partial charge in [-0.3, -0.25) is 4.79 Å². The smallest absolute Gasteiger partial charge is 0.192 e. The molecule has 1 aromatic heterocycles. The first-order chi connectivity index (χ1) is 16.4. The zero-order chi connectivity index (χ0) is 24.5. The number of fused-ring (bicyclic) bond motifs is 1. The van der Waals surface area contributed by atoms with E-state index in [9.17, 15) is 25.2 Å². The van der Waals surface area contributed by atoms with Gasteiger partial charge >= 0.3 is 0 Å². The molecule has 2 aromatic carbocycles. The third-order valence-corrected chi connectivity index (χ3v) is 6.23. The topological polar surface area (TPSA) is 131 Å². The third-order valence-electron chi connectivity index (χ3n) is 6.23. The molecule has 34 heavy (non-hydrogen) atoms. The van der Waals surface area contributed by atoms with Crippen LogP contribution < -0.4 is 5.43 Å². The Balaban J connectivity index is 1.72. The number of rotatable bonds is 13.